The molecule has 35 heavy (non-hydrogen) atoms. The van der Waals surface area contributed by atoms with Crippen molar-refractivity contribution in [1.82, 2.24) is 25.3 Å². The maximum atomic E-state index is 13.4. The number of esters is 1. The number of carboxylic acids is 1. The summed E-state index contributed by atoms with van der Waals surface area (Å²) in [6.07, 6.45) is 5.08. The van der Waals surface area contributed by atoms with Crippen LogP contribution >= 0.6 is 0 Å². The summed E-state index contributed by atoms with van der Waals surface area (Å²) in [7, 11) is 3.51. The number of hydrogen-bond donors (Lipinski definition) is 3. The van der Waals surface area contributed by atoms with Gasteiger partial charge in [-0.2, -0.15) is 5.43 Å². The molecule has 0 aliphatic carbocycles. The number of ether oxygens (including phenoxy) is 3. The minimum Gasteiger partial charge on any atom is -0.481 e. The van der Waals surface area contributed by atoms with Gasteiger partial charge in [0, 0.05) is 43.4 Å². The molecule has 0 saturated carbocycles. The Labute approximate surface area is 202 Å². The molecule has 4 heterocycles. The second-order valence-corrected chi connectivity index (χ2v) is 8.12. The van der Waals surface area contributed by atoms with Crippen LogP contribution in [0.3, 0.4) is 0 Å². The summed E-state index contributed by atoms with van der Waals surface area (Å²) in [5.74, 6) is -4.44. The van der Waals surface area contributed by atoms with Gasteiger partial charge in [-0.25, -0.2) is 9.99 Å². The predicted molar refractivity (Wildman–Crippen MR) is 126 cm³/mol. The molecule has 2 aromatic heterocycles. The first-order valence-electron chi connectivity index (χ1n) is 11.2. The average molecular weight is 490 g/mol. The van der Waals surface area contributed by atoms with E-state index in [4.69, 9.17) is 24.1 Å². The van der Waals surface area contributed by atoms with Gasteiger partial charge in [-0.3, -0.25) is 19.3 Å². The zero-order valence-corrected chi connectivity index (χ0v) is 20.2. The van der Waals surface area contributed by atoms with Gasteiger partial charge in [0.1, 0.15) is 5.65 Å². The largest absolute Gasteiger partial charge is 0.481 e. The van der Waals surface area contributed by atoms with E-state index in [1.807, 2.05) is 17.1 Å². The molecule has 2 aromatic rings. The number of aromatic nitrogens is 2. The second kappa shape index (κ2) is 11.4. The number of H-pyrrole nitrogens is 1. The Morgan fingerprint density at radius 2 is 2.09 bits per heavy atom. The number of carbonyl (C=O) groups is 3. The first-order chi connectivity index (χ1) is 16.7. The highest BCUT2D eigenvalue weighted by molar-refractivity contribution is 6.12. The van der Waals surface area contributed by atoms with E-state index in [1.54, 1.807) is 44.4 Å². The first-order valence-corrected chi connectivity index (χ1v) is 11.2. The molecule has 0 radical (unpaired) electrons. The summed E-state index contributed by atoms with van der Waals surface area (Å²) >= 11 is 0. The number of carboxylic acid groups (broad SMARTS) is 1. The standard InChI is InChI=1S/C21H27N5O5.C2H4O2/c1-4-30-20(28)17-18(27)16(12-14-13-23-19-15(14)6-5-7-22-19)31-21(17,25(2)3)24-26-8-10-29-11-9-26;1-2(3)4/h5-7,12-13,17,24H,4,8-11H2,1-3H3,(H,22,23);1H3,(H,3,4). The smallest absolute Gasteiger partial charge is 0.324 e. The molecule has 3 N–H and O–H groups in total. The topological polar surface area (TPSA) is 146 Å². The van der Waals surface area contributed by atoms with Crippen LogP contribution in [-0.4, -0.2) is 95.6 Å². The quantitative estimate of drug-likeness (QED) is 0.229. The van der Waals surface area contributed by atoms with Gasteiger partial charge in [-0.15, -0.1) is 0 Å². The molecular formula is C23H31N5O7. The van der Waals surface area contributed by atoms with Crippen molar-refractivity contribution in [3.8, 4) is 0 Å². The van der Waals surface area contributed by atoms with Crippen LogP contribution in [0.15, 0.2) is 30.3 Å². The van der Waals surface area contributed by atoms with E-state index < -0.39 is 29.5 Å². The lowest BCUT2D eigenvalue weighted by Gasteiger charge is -2.42. The fraction of sp³-hybridized carbons (Fsp3) is 0.478. The average Bonchev–Trinajstić information content (AvgIpc) is 3.34. The Kier molecular flexibility index (Phi) is 8.57. The van der Waals surface area contributed by atoms with Crippen LogP contribution in [-0.2, 0) is 28.6 Å². The molecule has 2 unspecified atom stereocenters. The number of allylic oxidation sites excluding steroid dienone is 1. The lowest BCUT2D eigenvalue weighted by Crippen LogP contribution is -2.68. The van der Waals surface area contributed by atoms with Crippen LogP contribution in [0, 0.1) is 5.92 Å². The third-order valence-electron chi connectivity index (χ3n) is 5.45. The number of fused-ring (bicyclic) bond motifs is 1. The number of carbonyl (C=O) groups excluding carboxylic acids is 2. The van der Waals surface area contributed by atoms with Crippen LogP contribution in [0.5, 0.6) is 0 Å². The highest BCUT2D eigenvalue weighted by Gasteiger charge is 2.60. The van der Waals surface area contributed by atoms with Crippen LogP contribution in [0.4, 0.5) is 0 Å². The number of aromatic amines is 1. The minimum atomic E-state index is -1.42. The van der Waals surface area contributed by atoms with Crippen molar-refractivity contribution in [3.05, 3.63) is 35.8 Å². The number of aliphatic carboxylic acids is 1. The van der Waals surface area contributed by atoms with Crippen LogP contribution < -0.4 is 5.43 Å². The Balaban J connectivity index is 0.000000795. The third-order valence-corrected chi connectivity index (χ3v) is 5.45. The SMILES string of the molecule is CC(=O)O.CCOC(=O)C1C(=O)C(=Cc2c[nH]c3ncccc23)OC1(NN1CCOCC1)N(C)C. The van der Waals surface area contributed by atoms with Gasteiger partial charge in [0.05, 0.1) is 19.8 Å². The van der Waals surface area contributed by atoms with E-state index in [0.29, 0.717) is 32.0 Å². The van der Waals surface area contributed by atoms with Crippen LogP contribution in [0.2, 0.25) is 0 Å². The fourth-order valence-corrected chi connectivity index (χ4v) is 3.87. The molecule has 12 nitrogen and oxygen atoms in total. The number of morpholine rings is 1. The van der Waals surface area contributed by atoms with Gasteiger partial charge in [-0.05, 0) is 39.2 Å². The van der Waals surface area contributed by atoms with Crippen molar-refractivity contribution in [2.75, 3.05) is 47.0 Å². The molecule has 0 bridgehead atoms. The third kappa shape index (κ3) is 5.85. The summed E-state index contributed by atoms with van der Waals surface area (Å²) in [6, 6.07) is 3.72. The number of hydrazine groups is 1. The first kappa shape index (κ1) is 26.3. The maximum absolute atomic E-state index is 13.4. The molecule has 190 valence electrons. The normalized spacial score (nSPS) is 23.7. The molecular weight excluding hydrogens is 458 g/mol. The van der Waals surface area contributed by atoms with Crippen molar-refractivity contribution < 1.29 is 33.7 Å². The van der Waals surface area contributed by atoms with Crippen LogP contribution in [0.1, 0.15) is 19.4 Å². The zero-order chi connectivity index (χ0) is 25.6. The highest BCUT2D eigenvalue weighted by Crippen LogP contribution is 2.38. The van der Waals surface area contributed by atoms with Gasteiger partial charge in [0.25, 0.3) is 11.8 Å². The Morgan fingerprint density at radius 3 is 2.71 bits per heavy atom. The Bertz CT molecular complexity index is 1090. The van der Waals surface area contributed by atoms with E-state index in [0.717, 1.165) is 17.9 Å². The lowest BCUT2D eigenvalue weighted by atomic mass is 9.98. The fourth-order valence-electron chi connectivity index (χ4n) is 3.87. The second-order valence-electron chi connectivity index (χ2n) is 8.12. The summed E-state index contributed by atoms with van der Waals surface area (Å²) in [5, 5.41) is 10.2. The van der Waals surface area contributed by atoms with Gasteiger partial charge in [0.15, 0.2) is 11.7 Å². The summed E-state index contributed by atoms with van der Waals surface area (Å²) < 4.78 is 16.9. The van der Waals surface area contributed by atoms with Gasteiger partial charge < -0.3 is 24.3 Å². The summed E-state index contributed by atoms with van der Waals surface area (Å²) in [6.45, 7) is 5.22. The molecule has 4 rings (SSSR count). The van der Waals surface area contributed by atoms with Gasteiger partial charge in [-0.1, -0.05) is 0 Å². The monoisotopic (exact) mass is 489 g/mol. The molecule has 2 aliphatic heterocycles. The highest BCUT2D eigenvalue weighted by atomic mass is 16.6. The Hall–Kier alpha value is -3.32. The van der Waals surface area contributed by atoms with Crippen molar-refractivity contribution in [3.63, 3.8) is 0 Å². The summed E-state index contributed by atoms with van der Waals surface area (Å²) in [5.41, 5.74) is 4.72. The zero-order valence-electron chi connectivity index (χ0n) is 20.2. The van der Waals surface area contributed by atoms with E-state index >= 15 is 0 Å². The number of Topliss-reactive ketones (excluding diaryl/α,β-unsaturated/α-hetero) is 1. The van der Waals surface area contributed by atoms with Crippen molar-refractivity contribution in [2.24, 2.45) is 5.92 Å². The number of hydrogen-bond acceptors (Lipinski definition) is 10. The molecule has 2 saturated heterocycles. The van der Waals surface area contributed by atoms with E-state index in [1.165, 1.54) is 0 Å². The molecule has 2 aliphatic rings. The molecule has 0 spiro atoms. The molecule has 2 fully saturated rings. The Morgan fingerprint density at radius 1 is 1.40 bits per heavy atom. The van der Waals surface area contributed by atoms with E-state index in [-0.39, 0.29) is 12.4 Å². The molecule has 2 atom stereocenters. The minimum absolute atomic E-state index is 0.0808. The van der Waals surface area contributed by atoms with E-state index in [9.17, 15) is 9.59 Å². The van der Waals surface area contributed by atoms with E-state index in [2.05, 4.69) is 15.4 Å². The van der Waals surface area contributed by atoms with Crippen molar-refractivity contribution >= 4 is 34.8 Å². The van der Waals surface area contributed by atoms with Crippen LogP contribution in [0.25, 0.3) is 17.1 Å². The number of ketones is 1. The van der Waals surface area contributed by atoms with Gasteiger partial charge in [0.2, 0.25) is 5.78 Å². The lowest BCUT2D eigenvalue weighted by molar-refractivity contribution is -0.196. The maximum Gasteiger partial charge on any atom is 0.324 e. The molecule has 0 amide bonds. The van der Waals surface area contributed by atoms with Crippen molar-refractivity contribution in [1.29, 1.82) is 0 Å². The van der Waals surface area contributed by atoms with Crippen molar-refractivity contribution in [2.45, 2.75) is 19.7 Å². The predicted octanol–water partition coefficient (Wildman–Crippen LogP) is 0.826. The number of nitrogens with one attached hydrogen (secondary N) is 2. The van der Waals surface area contributed by atoms with Gasteiger partial charge >= 0.3 is 5.97 Å². The number of pyridine rings is 1. The summed E-state index contributed by atoms with van der Waals surface area (Å²) in [4.78, 5) is 44.4. The number of nitrogens with zero attached hydrogens (tertiary/aromatic N) is 3. The molecule has 12 heteroatoms. The molecule has 0 aromatic carbocycles. The number of rotatable bonds is 6.